The van der Waals surface area contributed by atoms with Gasteiger partial charge >= 0.3 is 0 Å². The molecular formula is C13H20N2O3S. The molecule has 1 rings (SSSR count). The number of carbonyl (C=O) groups is 1. The van der Waals surface area contributed by atoms with Gasteiger partial charge in [0.25, 0.3) is 5.91 Å². The maximum absolute atomic E-state index is 12.0. The molecule has 1 aromatic carbocycles. The summed E-state index contributed by atoms with van der Waals surface area (Å²) >= 11 is 0. The summed E-state index contributed by atoms with van der Waals surface area (Å²) in [6, 6.07) is 6.53. The Morgan fingerprint density at radius 3 is 2.63 bits per heavy atom. The second-order valence-electron chi connectivity index (χ2n) is 4.62. The molecule has 0 saturated heterocycles. The smallest absolute Gasteiger partial charge is 0.251 e. The zero-order chi connectivity index (χ0) is 14.5. The topological polar surface area (TPSA) is 75.3 Å². The van der Waals surface area contributed by atoms with E-state index in [4.69, 9.17) is 0 Å². The quantitative estimate of drug-likeness (QED) is 0.838. The normalized spacial score (nSPS) is 12.8. The summed E-state index contributed by atoms with van der Waals surface area (Å²) in [7, 11) is -3.33. The minimum atomic E-state index is -3.33. The van der Waals surface area contributed by atoms with Crippen LogP contribution in [0.5, 0.6) is 0 Å². The minimum absolute atomic E-state index is 0.101. The number of benzene rings is 1. The highest BCUT2D eigenvalue weighted by atomic mass is 32.2. The zero-order valence-electron chi connectivity index (χ0n) is 11.4. The van der Waals surface area contributed by atoms with Crippen molar-refractivity contribution in [3.8, 4) is 0 Å². The van der Waals surface area contributed by atoms with Crippen LogP contribution in [0, 0.1) is 0 Å². The van der Waals surface area contributed by atoms with E-state index >= 15 is 0 Å². The molecule has 2 N–H and O–H groups in total. The van der Waals surface area contributed by atoms with Crippen LogP contribution in [0.25, 0.3) is 0 Å². The Bertz CT molecular complexity index is 541. The number of hydrogen-bond donors (Lipinski definition) is 2. The van der Waals surface area contributed by atoms with Crippen molar-refractivity contribution in [3.63, 3.8) is 0 Å². The van der Waals surface area contributed by atoms with Crippen molar-refractivity contribution in [2.45, 2.75) is 32.7 Å². The molecule has 0 radical (unpaired) electrons. The molecule has 0 aromatic heterocycles. The lowest BCUT2D eigenvalue weighted by molar-refractivity contribution is 0.0938. The van der Waals surface area contributed by atoms with Gasteiger partial charge in [-0.2, -0.15) is 0 Å². The second-order valence-corrected chi connectivity index (χ2v) is 6.37. The highest BCUT2D eigenvalue weighted by Gasteiger charge is 2.10. The molecule has 5 nitrogen and oxygen atoms in total. The Morgan fingerprint density at radius 1 is 1.37 bits per heavy atom. The summed E-state index contributed by atoms with van der Waals surface area (Å²) in [4.78, 5) is 12.0. The molecule has 1 atom stereocenters. The Kier molecular flexibility index (Phi) is 5.35. The van der Waals surface area contributed by atoms with Crippen LogP contribution in [0.2, 0.25) is 0 Å². The van der Waals surface area contributed by atoms with Gasteiger partial charge in [-0.25, -0.2) is 8.42 Å². The molecule has 0 aliphatic heterocycles. The van der Waals surface area contributed by atoms with Crippen LogP contribution in [0.4, 0.5) is 5.69 Å². The van der Waals surface area contributed by atoms with Crippen molar-refractivity contribution in [1.82, 2.24) is 5.32 Å². The maximum Gasteiger partial charge on any atom is 0.251 e. The third-order valence-corrected chi connectivity index (χ3v) is 3.13. The Hall–Kier alpha value is -1.56. The van der Waals surface area contributed by atoms with E-state index in [0.717, 1.165) is 19.1 Å². The van der Waals surface area contributed by atoms with E-state index in [0.29, 0.717) is 11.3 Å². The van der Waals surface area contributed by atoms with Gasteiger partial charge in [0.05, 0.1) is 6.26 Å². The Labute approximate surface area is 114 Å². The number of hydrogen-bond acceptors (Lipinski definition) is 3. The largest absolute Gasteiger partial charge is 0.350 e. The average molecular weight is 284 g/mol. The van der Waals surface area contributed by atoms with Crippen molar-refractivity contribution in [2.75, 3.05) is 11.0 Å². The average Bonchev–Trinajstić information content (AvgIpc) is 2.27. The lowest BCUT2D eigenvalue weighted by Gasteiger charge is -2.13. The van der Waals surface area contributed by atoms with Gasteiger partial charge in [-0.3, -0.25) is 9.52 Å². The molecule has 1 aromatic rings. The molecule has 0 aliphatic carbocycles. The first-order chi connectivity index (χ1) is 8.81. The summed E-state index contributed by atoms with van der Waals surface area (Å²) in [6.45, 7) is 4.00. The molecule has 1 amide bonds. The maximum atomic E-state index is 12.0. The lowest BCUT2D eigenvalue weighted by atomic mass is 10.1. The highest BCUT2D eigenvalue weighted by Crippen LogP contribution is 2.12. The van der Waals surface area contributed by atoms with Gasteiger partial charge < -0.3 is 5.32 Å². The van der Waals surface area contributed by atoms with Crippen molar-refractivity contribution in [1.29, 1.82) is 0 Å². The predicted octanol–water partition coefficient (Wildman–Crippen LogP) is 1.98. The van der Waals surface area contributed by atoms with Gasteiger partial charge in [-0.05, 0) is 31.5 Å². The Morgan fingerprint density at radius 2 is 2.05 bits per heavy atom. The fourth-order valence-corrected chi connectivity index (χ4v) is 2.31. The van der Waals surface area contributed by atoms with Crippen LogP contribution in [-0.4, -0.2) is 26.6 Å². The molecular weight excluding hydrogens is 264 g/mol. The first-order valence-corrected chi connectivity index (χ1v) is 8.09. The Balaban J connectivity index is 2.78. The number of amides is 1. The van der Waals surface area contributed by atoms with E-state index in [9.17, 15) is 13.2 Å². The van der Waals surface area contributed by atoms with Gasteiger partial charge in [0.15, 0.2) is 0 Å². The van der Waals surface area contributed by atoms with Gasteiger partial charge in [-0.15, -0.1) is 0 Å². The first kappa shape index (κ1) is 15.5. The van der Waals surface area contributed by atoms with Crippen molar-refractivity contribution >= 4 is 21.6 Å². The predicted molar refractivity (Wildman–Crippen MR) is 76.7 cm³/mol. The summed E-state index contributed by atoms with van der Waals surface area (Å²) in [5, 5.41) is 2.87. The van der Waals surface area contributed by atoms with Crippen LogP contribution in [0.3, 0.4) is 0 Å². The lowest BCUT2D eigenvalue weighted by Crippen LogP contribution is -2.32. The number of anilines is 1. The second kappa shape index (κ2) is 6.56. The van der Waals surface area contributed by atoms with Crippen LogP contribution in [0.15, 0.2) is 24.3 Å². The van der Waals surface area contributed by atoms with Crippen LogP contribution < -0.4 is 10.0 Å². The SMILES string of the molecule is CCC[C@@H](C)NC(=O)c1cccc(NS(C)(=O)=O)c1. The fourth-order valence-electron chi connectivity index (χ4n) is 1.75. The molecule has 0 spiro atoms. The molecule has 0 heterocycles. The van der Waals surface area contributed by atoms with E-state index in [2.05, 4.69) is 17.0 Å². The monoisotopic (exact) mass is 284 g/mol. The number of sulfonamides is 1. The number of nitrogens with one attached hydrogen (secondary N) is 2. The third kappa shape index (κ3) is 5.74. The number of carbonyl (C=O) groups excluding carboxylic acids is 1. The summed E-state index contributed by atoms with van der Waals surface area (Å²) in [6.07, 6.45) is 2.98. The molecule has 0 unspecified atom stereocenters. The van der Waals surface area contributed by atoms with Crippen molar-refractivity contribution in [3.05, 3.63) is 29.8 Å². The van der Waals surface area contributed by atoms with E-state index < -0.39 is 10.0 Å². The molecule has 0 saturated carbocycles. The minimum Gasteiger partial charge on any atom is -0.350 e. The van der Waals surface area contributed by atoms with Gasteiger partial charge in [0.1, 0.15) is 0 Å². The molecule has 106 valence electrons. The van der Waals surface area contributed by atoms with E-state index in [1.165, 1.54) is 6.07 Å². The van der Waals surface area contributed by atoms with Crippen molar-refractivity contribution in [2.24, 2.45) is 0 Å². The first-order valence-electron chi connectivity index (χ1n) is 6.20. The summed E-state index contributed by atoms with van der Waals surface area (Å²) < 4.78 is 24.6. The molecule has 0 fully saturated rings. The van der Waals surface area contributed by atoms with Gasteiger partial charge in [0.2, 0.25) is 10.0 Å². The van der Waals surface area contributed by atoms with Crippen molar-refractivity contribution < 1.29 is 13.2 Å². The van der Waals surface area contributed by atoms with Gasteiger partial charge in [-0.1, -0.05) is 19.4 Å². The summed E-state index contributed by atoms with van der Waals surface area (Å²) in [5.74, 6) is -0.196. The highest BCUT2D eigenvalue weighted by molar-refractivity contribution is 7.92. The molecule has 0 aliphatic rings. The molecule has 0 bridgehead atoms. The zero-order valence-corrected chi connectivity index (χ0v) is 12.3. The van der Waals surface area contributed by atoms with E-state index in [1.54, 1.807) is 18.2 Å². The van der Waals surface area contributed by atoms with Crippen LogP contribution in [0.1, 0.15) is 37.0 Å². The molecule has 6 heteroatoms. The number of rotatable bonds is 6. The van der Waals surface area contributed by atoms with E-state index in [1.807, 2.05) is 6.92 Å². The molecule has 19 heavy (non-hydrogen) atoms. The van der Waals surface area contributed by atoms with E-state index in [-0.39, 0.29) is 11.9 Å². The van der Waals surface area contributed by atoms with Crippen LogP contribution in [-0.2, 0) is 10.0 Å². The fraction of sp³-hybridized carbons (Fsp3) is 0.462. The third-order valence-electron chi connectivity index (χ3n) is 2.53. The summed E-state index contributed by atoms with van der Waals surface area (Å²) in [5.41, 5.74) is 0.829. The van der Waals surface area contributed by atoms with Crippen LogP contribution >= 0.6 is 0 Å². The standard InChI is InChI=1S/C13H20N2O3S/c1-4-6-10(2)14-13(16)11-7-5-8-12(9-11)15-19(3,17)18/h5,7-10,15H,4,6H2,1-3H3,(H,14,16)/t10-/m1/s1. The van der Waals surface area contributed by atoms with Gasteiger partial charge in [0, 0.05) is 17.3 Å².